The Balaban J connectivity index is 1.88. The first kappa shape index (κ1) is 14.4. The molecule has 1 N–H and O–H groups in total. The maximum atomic E-state index is 13.1. The van der Waals surface area contributed by atoms with Gasteiger partial charge < -0.3 is 9.88 Å². The lowest BCUT2D eigenvalue weighted by Crippen LogP contribution is -2.39. The summed E-state index contributed by atoms with van der Waals surface area (Å²) in [6.45, 7) is 0.627. The number of amides is 1. The molecule has 0 radical (unpaired) electrons. The fourth-order valence-electron chi connectivity index (χ4n) is 2.81. The highest BCUT2D eigenvalue weighted by Crippen LogP contribution is 2.31. The van der Waals surface area contributed by atoms with E-state index in [9.17, 15) is 14.0 Å². The van der Waals surface area contributed by atoms with E-state index < -0.39 is 0 Å². The van der Waals surface area contributed by atoms with Gasteiger partial charge in [-0.2, -0.15) is 0 Å². The minimum atomic E-state index is -0.342. The van der Waals surface area contributed by atoms with Gasteiger partial charge in [0, 0.05) is 12.7 Å². The topological polar surface area (TPSA) is 66.1 Å². The number of carbonyl (C=O) groups is 1. The zero-order valence-corrected chi connectivity index (χ0v) is 12.0. The molecule has 22 heavy (non-hydrogen) atoms. The van der Waals surface area contributed by atoms with E-state index in [1.165, 1.54) is 18.3 Å². The number of nitrogens with zero attached hydrogens (tertiary/aromatic N) is 2. The fraction of sp³-hybridized carbons (Fsp3) is 0.312. The number of H-pyrrole nitrogens is 1. The molecule has 1 aliphatic heterocycles. The highest BCUT2D eigenvalue weighted by molar-refractivity contribution is 5.92. The standard InChI is InChI=1S/C16H16FN3O2/c17-12-6-4-11(5-7-12)14-3-1-2-8-20(14)16(22)13-9-19-15(21)10-18-13/h4-7,9-10,14H,1-3,8H2,(H,19,21). The zero-order valence-electron chi connectivity index (χ0n) is 12.0. The summed E-state index contributed by atoms with van der Waals surface area (Å²) in [5.41, 5.74) is 0.790. The summed E-state index contributed by atoms with van der Waals surface area (Å²) in [6.07, 6.45) is 5.21. The fourth-order valence-corrected chi connectivity index (χ4v) is 2.81. The molecule has 0 aliphatic carbocycles. The Bertz CT molecular complexity index is 706. The Morgan fingerprint density at radius 3 is 2.73 bits per heavy atom. The molecule has 2 aromatic rings. The smallest absolute Gasteiger partial charge is 0.274 e. The number of carbonyl (C=O) groups excluding carboxylic acids is 1. The normalized spacial score (nSPS) is 18.2. The molecule has 1 amide bonds. The van der Waals surface area contributed by atoms with Crippen LogP contribution in [0.25, 0.3) is 0 Å². The molecule has 114 valence electrons. The van der Waals surface area contributed by atoms with Crippen molar-refractivity contribution in [1.29, 1.82) is 0 Å². The molecule has 1 saturated heterocycles. The first-order valence-corrected chi connectivity index (χ1v) is 7.26. The predicted molar refractivity (Wildman–Crippen MR) is 78.9 cm³/mol. The van der Waals surface area contributed by atoms with E-state index in [1.54, 1.807) is 17.0 Å². The average Bonchev–Trinajstić information content (AvgIpc) is 2.56. The van der Waals surface area contributed by atoms with Crippen LogP contribution in [-0.4, -0.2) is 27.3 Å². The number of aromatic nitrogens is 2. The number of halogens is 1. The summed E-state index contributed by atoms with van der Waals surface area (Å²) >= 11 is 0. The summed E-state index contributed by atoms with van der Waals surface area (Å²) in [7, 11) is 0. The van der Waals surface area contributed by atoms with Crippen molar-refractivity contribution < 1.29 is 9.18 Å². The molecule has 1 aliphatic rings. The first-order chi connectivity index (χ1) is 10.6. The Morgan fingerprint density at radius 1 is 1.27 bits per heavy atom. The van der Waals surface area contributed by atoms with Crippen LogP contribution >= 0.6 is 0 Å². The number of benzene rings is 1. The molecule has 1 aromatic carbocycles. The molecule has 6 heteroatoms. The number of nitrogens with one attached hydrogen (secondary N) is 1. The summed E-state index contributed by atoms with van der Waals surface area (Å²) in [6, 6.07) is 6.16. The van der Waals surface area contributed by atoms with Crippen molar-refractivity contribution in [2.75, 3.05) is 6.54 Å². The first-order valence-electron chi connectivity index (χ1n) is 7.26. The number of piperidine rings is 1. The van der Waals surface area contributed by atoms with E-state index in [-0.39, 0.29) is 29.0 Å². The number of hydrogen-bond acceptors (Lipinski definition) is 3. The van der Waals surface area contributed by atoms with E-state index in [0.717, 1.165) is 31.0 Å². The van der Waals surface area contributed by atoms with E-state index >= 15 is 0 Å². The maximum absolute atomic E-state index is 13.1. The zero-order chi connectivity index (χ0) is 15.5. The molecule has 3 rings (SSSR count). The summed E-state index contributed by atoms with van der Waals surface area (Å²) < 4.78 is 13.1. The van der Waals surface area contributed by atoms with Crippen LogP contribution in [0, 0.1) is 5.82 Å². The van der Waals surface area contributed by atoms with Crippen molar-refractivity contribution in [3.05, 3.63) is 64.1 Å². The van der Waals surface area contributed by atoms with Crippen molar-refractivity contribution in [2.24, 2.45) is 0 Å². The average molecular weight is 301 g/mol. The van der Waals surface area contributed by atoms with Crippen molar-refractivity contribution in [2.45, 2.75) is 25.3 Å². The van der Waals surface area contributed by atoms with Crippen LogP contribution in [0.3, 0.4) is 0 Å². The minimum absolute atomic E-state index is 0.0874. The number of aromatic amines is 1. The van der Waals surface area contributed by atoms with Crippen LogP contribution in [0.5, 0.6) is 0 Å². The van der Waals surface area contributed by atoms with Gasteiger partial charge >= 0.3 is 0 Å². The molecule has 1 atom stereocenters. The minimum Gasteiger partial charge on any atom is -0.330 e. The number of rotatable bonds is 2. The van der Waals surface area contributed by atoms with Gasteiger partial charge in [-0.05, 0) is 37.0 Å². The van der Waals surface area contributed by atoms with E-state index in [2.05, 4.69) is 9.97 Å². The van der Waals surface area contributed by atoms with Crippen LogP contribution in [-0.2, 0) is 0 Å². The van der Waals surface area contributed by atoms with Gasteiger partial charge in [-0.15, -0.1) is 0 Å². The SMILES string of the molecule is O=C(c1c[nH]c(=O)cn1)N1CCCCC1c1ccc(F)cc1. The third kappa shape index (κ3) is 2.90. The molecule has 0 spiro atoms. The lowest BCUT2D eigenvalue weighted by molar-refractivity contribution is 0.0605. The highest BCUT2D eigenvalue weighted by atomic mass is 19.1. The lowest BCUT2D eigenvalue weighted by atomic mass is 9.95. The Hall–Kier alpha value is -2.50. The van der Waals surface area contributed by atoms with Crippen LogP contribution in [0.4, 0.5) is 4.39 Å². The molecule has 0 saturated carbocycles. The second-order valence-electron chi connectivity index (χ2n) is 5.36. The van der Waals surface area contributed by atoms with Gasteiger partial charge in [-0.1, -0.05) is 12.1 Å². The van der Waals surface area contributed by atoms with Crippen LogP contribution in [0.15, 0.2) is 41.5 Å². The van der Waals surface area contributed by atoms with E-state index in [4.69, 9.17) is 0 Å². The predicted octanol–water partition coefficient (Wildman–Crippen LogP) is 2.28. The maximum Gasteiger partial charge on any atom is 0.274 e. The summed E-state index contributed by atoms with van der Waals surface area (Å²) in [5, 5.41) is 0. The van der Waals surface area contributed by atoms with Gasteiger partial charge in [0.05, 0.1) is 12.2 Å². The molecule has 1 fully saturated rings. The largest absolute Gasteiger partial charge is 0.330 e. The van der Waals surface area contributed by atoms with Gasteiger partial charge in [-0.3, -0.25) is 9.59 Å². The van der Waals surface area contributed by atoms with Crippen molar-refractivity contribution in [1.82, 2.24) is 14.9 Å². The Morgan fingerprint density at radius 2 is 2.05 bits per heavy atom. The summed E-state index contributed by atoms with van der Waals surface area (Å²) in [5.74, 6) is -0.509. The Labute approximate surface area is 126 Å². The van der Waals surface area contributed by atoms with Gasteiger partial charge in [0.15, 0.2) is 0 Å². The lowest BCUT2D eigenvalue weighted by Gasteiger charge is -2.35. The molecule has 0 bridgehead atoms. The van der Waals surface area contributed by atoms with Crippen LogP contribution in [0.1, 0.15) is 41.4 Å². The van der Waals surface area contributed by atoms with Gasteiger partial charge in [-0.25, -0.2) is 9.37 Å². The van der Waals surface area contributed by atoms with Gasteiger partial charge in [0.25, 0.3) is 11.5 Å². The summed E-state index contributed by atoms with van der Waals surface area (Å²) in [4.78, 5) is 31.8. The molecular formula is C16H16FN3O2. The van der Waals surface area contributed by atoms with E-state index in [0.29, 0.717) is 6.54 Å². The molecule has 1 unspecified atom stereocenters. The van der Waals surface area contributed by atoms with E-state index in [1.807, 2.05) is 0 Å². The van der Waals surface area contributed by atoms with Crippen molar-refractivity contribution in [3.8, 4) is 0 Å². The van der Waals surface area contributed by atoms with Crippen molar-refractivity contribution >= 4 is 5.91 Å². The quantitative estimate of drug-likeness (QED) is 0.925. The monoisotopic (exact) mass is 301 g/mol. The van der Waals surface area contributed by atoms with Crippen LogP contribution in [0.2, 0.25) is 0 Å². The third-order valence-electron chi connectivity index (χ3n) is 3.91. The van der Waals surface area contributed by atoms with Gasteiger partial charge in [0.1, 0.15) is 11.5 Å². The number of hydrogen-bond donors (Lipinski definition) is 1. The molecule has 1 aromatic heterocycles. The van der Waals surface area contributed by atoms with Crippen molar-refractivity contribution in [3.63, 3.8) is 0 Å². The molecule has 2 heterocycles. The Kier molecular flexibility index (Phi) is 4.00. The molecule has 5 nitrogen and oxygen atoms in total. The van der Waals surface area contributed by atoms with Gasteiger partial charge in [0.2, 0.25) is 0 Å². The second kappa shape index (κ2) is 6.09. The third-order valence-corrected chi connectivity index (χ3v) is 3.91. The second-order valence-corrected chi connectivity index (χ2v) is 5.36. The van der Waals surface area contributed by atoms with Crippen LogP contribution < -0.4 is 5.56 Å². The number of likely N-dealkylation sites (tertiary alicyclic amines) is 1. The molecular weight excluding hydrogens is 285 g/mol. The highest BCUT2D eigenvalue weighted by Gasteiger charge is 2.29.